The van der Waals surface area contributed by atoms with Crippen molar-refractivity contribution in [2.75, 3.05) is 29.7 Å². The molecule has 0 amide bonds. The number of aryl methyl sites for hydroxylation is 1. The van der Waals surface area contributed by atoms with Crippen molar-refractivity contribution in [2.45, 2.75) is 38.0 Å². The molecule has 29 heavy (non-hydrogen) atoms. The van der Waals surface area contributed by atoms with Crippen LogP contribution in [0.25, 0.3) is 0 Å². The van der Waals surface area contributed by atoms with Gasteiger partial charge in [0.1, 0.15) is 0 Å². The van der Waals surface area contributed by atoms with Crippen LogP contribution in [0.15, 0.2) is 47.6 Å². The van der Waals surface area contributed by atoms with E-state index in [-0.39, 0.29) is 10.6 Å². The van der Waals surface area contributed by atoms with Gasteiger partial charge in [0.25, 0.3) is 0 Å². The number of benzene rings is 1. The van der Waals surface area contributed by atoms with E-state index in [0.717, 1.165) is 12.0 Å². The van der Waals surface area contributed by atoms with Gasteiger partial charge in [-0.3, -0.25) is 9.29 Å². The fourth-order valence-corrected chi connectivity index (χ4v) is 6.83. The van der Waals surface area contributed by atoms with Gasteiger partial charge >= 0.3 is 0 Å². The summed E-state index contributed by atoms with van der Waals surface area (Å²) in [6.45, 7) is 4.68. The SMILES string of the molecule is CCN(CCc1ccncc1)S(=O)(=O)c1ccc(N2CCCCS2(=O)=O)cc1C. The molecule has 1 aromatic heterocycles. The lowest BCUT2D eigenvalue weighted by Gasteiger charge is -2.29. The zero-order valence-corrected chi connectivity index (χ0v) is 18.4. The standard InChI is InChI=1S/C20H27N3O4S2/c1-3-22(14-10-18-8-11-21-12-9-18)29(26,27)20-7-6-19(16-17(20)2)23-13-4-5-15-28(23,24)25/h6-9,11-12,16H,3-5,10,13-15H2,1-2H3. The first-order valence-corrected chi connectivity index (χ1v) is 12.8. The molecule has 158 valence electrons. The minimum atomic E-state index is -3.68. The van der Waals surface area contributed by atoms with Gasteiger partial charge in [-0.05, 0) is 67.6 Å². The molecule has 0 radical (unpaired) electrons. The summed E-state index contributed by atoms with van der Waals surface area (Å²) in [7, 11) is -7.01. The molecule has 1 aliphatic heterocycles. The largest absolute Gasteiger partial charge is 0.270 e. The molecule has 0 unspecified atom stereocenters. The molecule has 0 saturated carbocycles. The third-order valence-electron chi connectivity index (χ3n) is 5.17. The number of aromatic nitrogens is 1. The number of anilines is 1. The smallest absolute Gasteiger partial charge is 0.243 e. The Morgan fingerprint density at radius 2 is 1.86 bits per heavy atom. The number of hydrogen-bond acceptors (Lipinski definition) is 5. The van der Waals surface area contributed by atoms with E-state index in [2.05, 4.69) is 4.98 Å². The maximum Gasteiger partial charge on any atom is 0.243 e. The van der Waals surface area contributed by atoms with Gasteiger partial charge in [0, 0.05) is 32.0 Å². The van der Waals surface area contributed by atoms with Crippen molar-refractivity contribution < 1.29 is 16.8 Å². The van der Waals surface area contributed by atoms with Crippen molar-refractivity contribution in [3.63, 3.8) is 0 Å². The van der Waals surface area contributed by atoms with Gasteiger partial charge in [0.05, 0.1) is 16.3 Å². The monoisotopic (exact) mass is 437 g/mol. The van der Waals surface area contributed by atoms with E-state index in [1.807, 2.05) is 19.1 Å². The Hall–Kier alpha value is -1.97. The Labute approximate surface area is 173 Å². The molecule has 1 fully saturated rings. The third-order valence-corrected chi connectivity index (χ3v) is 9.17. The molecule has 1 aromatic carbocycles. The molecule has 0 N–H and O–H groups in total. The topological polar surface area (TPSA) is 87.7 Å². The molecule has 9 heteroatoms. The molecule has 0 bridgehead atoms. The molecule has 2 aromatic rings. The molecule has 0 atom stereocenters. The third kappa shape index (κ3) is 4.79. The van der Waals surface area contributed by atoms with Crippen molar-refractivity contribution in [2.24, 2.45) is 0 Å². The first-order chi connectivity index (χ1) is 13.8. The van der Waals surface area contributed by atoms with Crippen LogP contribution in [0.2, 0.25) is 0 Å². The van der Waals surface area contributed by atoms with Crippen LogP contribution < -0.4 is 4.31 Å². The molecule has 7 nitrogen and oxygen atoms in total. The summed E-state index contributed by atoms with van der Waals surface area (Å²) in [6.07, 6.45) is 5.44. The zero-order valence-electron chi connectivity index (χ0n) is 16.8. The predicted molar refractivity (Wildman–Crippen MR) is 114 cm³/mol. The van der Waals surface area contributed by atoms with Gasteiger partial charge in [0.2, 0.25) is 20.0 Å². The van der Waals surface area contributed by atoms with Gasteiger partial charge in [-0.1, -0.05) is 6.92 Å². The number of rotatable bonds is 7. The summed E-state index contributed by atoms with van der Waals surface area (Å²) in [5.74, 6) is 0.130. The fraction of sp³-hybridized carbons (Fsp3) is 0.450. The van der Waals surface area contributed by atoms with Gasteiger partial charge in [0.15, 0.2) is 0 Å². The molecule has 0 aliphatic carbocycles. The van der Waals surface area contributed by atoms with Crippen molar-refractivity contribution in [1.29, 1.82) is 0 Å². The fourth-order valence-electron chi connectivity index (χ4n) is 3.55. The molecule has 0 spiro atoms. The van der Waals surface area contributed by atoms with E-state index < -0.39 is 20.0 Å². The zero-order chi connectivity index (χ0) is 21.1. The quantitative estimate of drug-likeness (QED) is 0.664. The average molecular weight is 438 g/mol. The first kappa shape index (κ1) is 21.7. The second-order valence-electron chi connectivity index (χ2n) is 7.15. The average Bonchev–Trinajstić information content (AvgIpc) is 2.68. The summed E-state index contributed by atoms with van der Waals surface area (Å²) in [4.78, 5) is 4.19. The lowest BCUT2D eigenvalue weighted by Crippen LogP contribution is -2.38. The molecular formula is C20H27N3O4S2. The van der Waals surface area contributed by atoms with E-state index in [1.54, 1.807) is 31.5 Å². The molecule has 1 saturated heterocycles. The lowest BCUT2D eigenvalue weighted by molar-refractivity contribution is 0.430. The summed E-state index contributed by atoms with van der Waals surface area (Å²) in [5.41, 5.74) is 2.10. The number of likely N-dealkylation sites (N-methyl/N-ethyl adjacent to an activating group) is 1. The Bertz CT molecular complexity index is 1050. The van der Waals surface area contributed by atoms with Crippen molar-refractivity contribution in [3.8, 4) is 0 Å². The van der Waals surface area contributed by atoms with E-state index >= 15 is 0 Å². The van der Waals surface area contributed by atoms with Gasteiger partial charge in [-0.15, -0.1) is 0 Å². The second kappa shape index (κ2) is 8.81. The highest BCUT2D eigenvalue weighted by atomic mass is 32.2. The van der Waals surface area contributed by atoms with Gasteiger partial charge < -0.3 is 0 Å². The van der Waals surface area contributed by atoms with Gasteiger partial charge in [-0.25, -0.2) is 16.8 Å². The predicted octanol–water partition coefficient (Wildman–Crippen LogP) is 2.57. The van der Waals surface area contributed by atoms with Crippen molar-refractivity contribution in [3.05, 3.63) is 53.9 Å². The maximum atomic E-state index is 13.2. The maximum absolute atomic E-state index is 13.2. The highest BCUT2D eigenvalue weighted by Crippen LogP contribution is 2.28. The van der Waals surface area contributed by atoms with Crippen LogP contribution in [0.1, 0.15) is 30.9 Å². The van der Waals surface area contributed by atoms with E-state index in [0.29, 0.717) is 43.7 Å². The molecule has 1 aliphatic rings. The summed E-state index contributed by atoms with van der Waals surface area (Å²) in [6, 6.07) is 8.53. The Balaban J connectivity index is 1.84. The molecule has 3 rings (SSSR count). The highest BCUT2D eigenvalue weighted by molar-refractivity contribution is 7.92. The van der Waals surface area contributed by atoms with Crippen LogP contribution in [0.5, 0.6) is 0 Å². The van der Waals surface area contributed by atoms with Crippen LogP contribution in [0.4, 0.5) is 5.69 Å². The normalized spacial score (nSPS) is 16.9. The number of sulfonamides is 2. The molecule has 2 heterocycles. The van der Waals surface area contributed by atoms with E-state index in [4.69, 9.17) is 0 Å². The summed E-state index contributed by atoms with van der Waals surface area (Å²) >= 11 is 0. The summed E-state index contributed by atoms with van der Waals surface area (Å²) in [5, 5.41) is 0. The minimum absolute atomic E-state index is 0.130. The Morgan fingerprint density at radius 3 is 2.48 bits per heavy atom. The van der Waals surface area contributed by atoms with Crippen molar-refractivity contribution in [1.82, 2.24) is 9.29 Å². The second-order valence-corrected chi connectivity index (χ2v) is 11.1. The Morgan fingerprint density at radius 1 is 1.14 bits per heavy atom. The van der Waals surface area contributed by atoms with Crippen molar-refractivity contribution >= 4 is 25.7 Å². The van der Waals surface area contributed by atoms with Crippen LogP contribution in [-0.2, 0) is 26.5 Å². The highest BCUT2D eigenvalue weighted by Gasteiger charge is 2.29. The lowest BCUT2D eigenvalue weighted by atomic mass is 10.2. The van der Waals surface area contributed by atoms with Crippen LogP contribution >= 0.6 is 0 Å². The number of hydrogen-bond donors (Lipinski definition) is 0. The Kier molecular flexibility index (Phi) is 6.60. The van der Waals surface area contributed by atoms with E-state index in [1.165, 1.54) is 14.7 Å². The first-order valence-electron chi connectivity index (χ1n) is 9.76. The number of pyridine rings is 1. The minimum Gasteiger partial charge on any atom is -0.270 e. The number of nitrogens with zero attached hydrogens (tertiary/aromatic N) is 3. The van der Waals surface area contributed by atoms with Crippen LogP contribution in [-0.4, -0.2) is 51.5 Å². The summed E-state index contributed by atoms with van der Waals surface area (Å²) < 4.78 is 53.9. The van der Waals surface area contributed by atoms with Crippen LogP contribution in [0, 0.1) is 6.92 Å². The van der Waals surface area contributed by atoms with Crippen LogP contribution in [0.3, 0.4) is 0 Å². The van der Waals surface area contributed by atoms with Gasteiger partial charge in [-0.2, -0.15) is 4.31 Å². The molecular weight excluding hydrogens is 410 g/mol. The van der Waals surface area contributed by atoms with E-state index in [9.17, 15) is 16.8 Å².